The SMILES string of the molecule is C=Cc1cc(Nc2nc(Nc3c(-c4ccc(F)cc4)c(C)nn3C)nc3ccsc23)ccc1NN. The predicted molar refractivity (Wildman–Crippen MR) is 142 cm³/mol. The molecule has 10 heteroatoms. The molecule has 5 N–H and O–H groups in total. The van der Waals surface area contributed by atoms with Crippen LogP contribution in [0.3, 0.4) is 0 Å². The molecule has 35 heavy (non-hydrogen) atoms. The first-order valence-corrected chi connectivity index (χ1v) is 11.7. The standard InChI is InChI=1S/C25H23FN8S/c1-4-15-13-18(9-10-19(15)32-27)28-23-22-20(11-12-35-22)29-25(30-23)31-24-21(14(2)33-34(24)3)16-5-7-17(26)8-6-16/h4-13,32H,1,27H2,2-3H3,(H2,28,29,30,31). The molecule has 2 aromatic carbocycles. The van der Waals surface area contributed by atoms with Gasteiger partial charge in [0.15, 0.2) is 5.82 Å². The van der Waals surface area contributed by atoms with Crippen molar-refractivity contribution in [3.63, 3.8) is 0 Å². The first kappa shape index (κ1) is 22.5. The van der Waals surface area contributed by atoms with Gasteiger partial charge in [-0.05, 0) is 54.3 Å². The molecule has 0 saturated carbocycles. The molecule has 0 saturated heterocycles. The van der Waals surface area contributed by atoms with Crippen molar-refractivity contribution in [1.82, 2.24) is 19.7 Å². The second kappa shape index (κ2) is 9.16. The summed E-state index contributed by atoms with van der Waals surface area (Å²) in [7, 11) is 1.84. The van der Waals surface area contributed by atoms with E-state index < -0.39 is 0 Å². The summed E-state index contributed by atoms with van der Waals surface area (Å²) in [4.78, 5) is 9.47. The highest BCUT2D eigenvalue weighted by molar-refractivity contribution is 7.17. The van der Waals surface area contributed by atoms with E-state index in [2.05, 4.69) is 27.7 Å². The Kier molecular flexibility index (Phi) is 5.89. The average molecular weight is 487 g/mol. The molecule has 5 rings (SSSR count). The minimum atomic E-state index is -0.290. The maximum absolute atomic E-state index is 13.5. The number of thiophene rings is 1. The zero-order valence-electron chi connectivity index (χ0n) is 19.1. The Morgan fingerprint density at radius 1 is 1.09 bits per heavy atom. The number of hydrogen-bond acceptors (Lipinski definition) is 8. The van der Waals surface area contributed by atoms with Crippen LogP contribution in [0.25, 0.3) is 27.4 Å². The van der Waals surface area contributed by atoms with E-state index in [0.717, 1.165) is 44.0 Å². The number of hydrazine groups is 1. The molecule has 8 nitrogen and oxygen atoms in total. The van der Waals surface area contributed by atoms with Gasteiger partial charge in [-0.1, -0.05) is 24.8 Å². The molecule has 0 unspecified atom stereocenters. The van der Waals surface area contributed by atoms with E-state index >= 15 is 0 Å². The fraction of sp³-hybridized carbons (Fsp3) is 0.0800. The Labute approximate surface area is 205 Å². The van der Waals surface area contributed by atoms with Crippen LogP contribution in [-0.4, -0.2) is 19.7 Å². The van der Waals surface area contributed by atoms with Crippen LogP contribution in [0.15, 0.2) is 60.5 Å². The van der Waals surface area contributed by atoms with Crippen molar-refractivity contribution >= 4 is 56.6 Å². The van der Waals surface area contributed by atoms with Crippen LogP contribution in [0.1, 0.15) is 11.3 Å². The van der Waals surface area contributed by atoms with Crippen LogP contribution in [0.5, 0.6) is 0 Å². The summed E-state index contributed by atoms with van der Waals surface area (Å²) in [5.74, 6) is 7.08. The summed E-state index contributed by atoms with van der Waals surface area (Å²) in [5, 5.41) is 13.3. The van der Waals surface area contributed by atoms with E-state index in [0.29, 0.717) is 17.6 Å². The van der Waals surface area contributed by atoms with E-state index in [1.807, 2.05) is 43.6 Å². The van der Waals surface area contributed by atoms with Gasteiger partial charge in [0, 0.05) is 23.9 Å². The topological polar surface area (TPSA) is 106 Å². The number of nitrogens with one attached hydrogen (secondary N) is 3. The molecule has 3 aromatic heterocycles. The summed E-state index contributed by atoms with van der Waals surface area (Å²) in [6, 6.07) is 14.0. The van der Waals surface area contributed by atoms with Gasteiger partial charge in [0.2, 0.25) is 5.95 Å². The van der Waals surface area contributed by atoms with Crippen LogP contribution >= 0.6 is 11.3 Å². The van der Waals surface area contributed by atoms with Crippen molar-refractivity contribution in [3.05, 3.63) is 77.6 Å². The summed E-state index contributed by atoms with van der Waals surface area (Å²) in [6.45, 7) is 5.77. The van der Waals surface area contributed by atoms with Gasteiger partial charge < -0.3 is 16.1 Å². The second-order valence-corrected chi connectivity index (χ2v) is 8.79. The van der Waals surface area contributed by atoms with Crippen molar-refractivity contribution < 1.29 is 4.39 Å². The molecule has 0 spiro atoms. The third kappa shape index (κ3) is 4.32. The summed E-state index contributed by atoms with van der Waals surface area (Å²) in [6.07, 6.45) is 1.73. The average Bonchev–Trinajstić information content (AvgIpc) is 3.43. The number of benzene rings is 2. The van der Waals surface area contributed by atoms with Gasteiger partial charge in [-0.3, -0.25) is 10.5 Å². The lowest BCUT2D eigenvalue weighted by atomic mass is 10.1. The van der Waals surface area contributed by atoms with Gasteiger partial charge in [-0.25, -0.2) is 9.37 Å². The predicted octanol–water partition coefficient (Wildman–Crippen LogP) is 5.96. The van der Waals surface area contributed by atoms with Crippen molar-refractivity contribution in [2.24, 2.45) is 12.9 Å². The van der Waals surface area contributed by atoms with Gasteiger partial charge in [-0.2, -0.15) is 10.1 Å². The van der Waals surface area contributed by atoms with Crippen LogP contribution in [0, 0.1) is 12.7 Å². The fourth-order valence-corrected chi connectivity index (χ4v) is 4.73. The van der Waals surface area contributed by atoms with Gasteiger partial charge in [0.1, 0.15) is 11.6 Å². The number of aromatic nitrogens is 4. The number of nitrogens with two attached hydrogens (primary N) is 1. The van der Waals surface area contributed by atoms with E-state index in [1.54, 1.807) is 34.2 Å². The molecule has 0 aliphatic rings. The molecule has 0 fully saturated rings. The molecule has 0 aliphatic heterocycles. The first-order chi connectivity index (χ1) is 17.0. The molecular weight excluding hydrogens is 463 g/mol. The Morgan fingerprint density at radius 2 is 1.89 bits per heavy atom. The molecule has 0 bridgehead atoms. The van der Waals surface area contributed by atoms with Crippen LogP contribution in [-0.2, 0) is 7.05 Å². The summed E-state index contributed by atoms with van der Waals surface area (Å²) in [5.41, 5.74) is 8.46. The quantitative estimate of drug-likeness (QED) is 0.166. The van der Waals surface area contributed by atoms with Crippen molar-refractivity contribution in [1.29, 1.82) is 0 Å². The van der Waals surface area contributed by atoms with E-state index in [4.69, 9.17) is 15.8 Å². The number of halogens is 1. The Morgan fingerprint density at radius 3 is 2.63 bits per heavy atom. The first-order valence-electron chi connectivity index (χ1n) is 10.8. The number of anilines is 5. The van der Waals surface area contributed by atoms with Crippen molar-refractivity contribution in [2.45, 2.75) is 6.92 Å². The molecule has 0 radical (unpaired) electrons. The third-order valence-electron chi connectivity index (χ3n) is 5.58. The monoisotopic (exact) mass is 486 g/mol. The number of hydrogen-bond donors (Lipinski definition) is 4. The Bertz CT molecular complexity index is 1540. The van der Waals surface area contributed by atoms with Crippen molar-refractivity contribution in [3.8, 4) is 11.1 Å². The number of nitrogen functional groups attached to an aromatic ring is 1. The molecule has 5 aromatic rings. The Balaban J connectivity index is 1.54. The third-order valence-corrected chi connectivity index (χ3v) is 6.49. The second-order valence-electron chi connectivity index (χ2n) is 7.87. The largest absolute Gasteiger partial charge is 0.339 e. The highest BCUT2D eigenvalue weighted by atomic mass is 32.1. The zero-order valence-corrected chi connectivity index (χ0v) is 19.9. The lowest BCUT2D eigenvalue weighted by Gasteiger charge is -2.13. The zero-order chi connectivity index (χ0) is 24.5. The van der Waals surface area contributed by atoms with Crippen LogP contribution < -0.4 is 21.9 Å². The van der Waals surface area contributed by atoms with Gasteiger partial charge >= 0.3 is 0 Å². The van der Waals surface area contributed by atoms with E-state index in [1.165, 1.54) is 12.1 Å². The summed E-state index contributed by atoms with van der Waals surface area (Å²) < 4.78 is 16.2. The highest BCUT2D eigenvalue weighted by Gasteiger charge is 2.18. The lowest BCUT2D eigenvalue weighted by molar-refractivity contribution is 0.628. The molecule has 176 valence electrons. The molecule has 0 amide bonds. The molecule has 0 atom stereocenters. The van der Waals surface area contributed by atoms with E-state index in [-0.39, 0.29) is 5.82 Å². The number of aryl methyl sites for hydroxylation is 2. The number of rotatable bonds is 7. The van der Waals surface area contributed by atoms with Gasteiger partial charge in [0.05, 0.1) is 21.6 Å². The maximum Gasteiger partial charge on any atom is 0.231 e. The smallest absolute Gasteiger partial charge is 0.231 e. The Hall–Kier alpha value is -4.28. The maximum atomic E-state index is 13.5. The van der Waals surface area contributed by atoms with Gasteiger partial charge in [-0.15, -0.1) is 11.3 Å². The van der Waals surface area contributed by atoms with E-state index in [9.17, 15) is 4.39 Å². The van der Waals surface area contributed by atoms with Crippen LogP contribution in [0.2, 0.25) is 0 Å². The minimum Gasteiger partial charge on any atom is -0.339 e. The molecular formula is C25H23FN8S. The lowest BCUT2D eigenvalue weighted by Crippen LogP contribution is -2.08. The minimum absolute atomic E-state index is 0.290. The number of fused-ring (bicyclic) bond motifs is 1. The molecule has 3 heterocycles. The summed E-state index contributed by atoms with van der Waals surface area (Å²) >= 11 is 1.55. The van der Waals surface area contributed by atoms with Gasteiger partial charge in [0.25, 0.3) is 0 Å². The highest BCUT2D eigenvalue weighted by Crippen LogP contribution is 2.35. The fourth-order valence-electron chi connectivity index (χ4n) is 3.95. The van der Waals surface area contributed by atoms with Crippen LogP contribution in [0.4, 0.5) is 33.3 Å². The normalized spacial score (nSPS) is 11.0. The molecule has 0 aliphatic carbocycles. The number of nitrogens with zero attached hydrogens (tertiary/aromatic N) is 4. The van der Waals surface area contributed by atoms with Crippen molar-refractivity contribution in [2.75, 3.05) is 16.1 Å².